The maximum absolute atomic E-state index is 12.3. The van der Waals surface area contributed by atoms with Crippen molar-refractivity contribution in [3.63, 3.8) is 0 Å². The summed E-state index contributed by atoms with van der Waals surface area (Å²) >= 11 is 32.0. The summed E-state index contributed by atoms with van der Waals surface area (Å²) in [6.45, 7) is 12.1. The Morgan fingerprint density at radius 3 is 1.17 bits per heavy atom. The lowest BCUT2D eigenvalue weighted by Crippen LogP contribution is -2.49. The molecule has 10 aliphatic heterocycles. The molecule has 10 bridgehead atoms. The van der Waals surface area contributed by atoms with Crippen LogP contribution in [0.15, 0.2) is 70.4 Å². The zero-order valence-electron chi connectivity index (χ0n) is 80.0. The molecule has 33 unspecified atom stereocenters. The zero-order valence-corrected chi connectivity index (χ0v) is 83.8. The molecular weight excluding hydrogens is 1850 g/mol. The van der Waals surface area contributed by atoms with E-state index in [9.17, 15) is 95.9 Å². The lowest BCUT2D eigenvalue weighted by molar-refractivity contribution is -0.140. The number of carbonyl (C=O) groups is 20. The highest BCUT2D eigenvalue weighted by Gasteiger charge is 2.87. The van der Waals surface area contributed by atoms with E-state index in [1.165, 1.54) is 75.1 Å². The van der Waals surface area contributed by atoms with E-state index >= 15 is 0 Å². The Labute approximate surface area is 817 Å². The van der Waals surface area contributed by atoms with Crippen LogP contribution in [0.1, 0.15) is 164 Å². The van der Waals surface area contributed by atoms with Crippen LogP contribution in [0, 0.1) is 183 Å². The van der Waals surface area contributed by atoms with Crippen LogP contribution in [-0.2, 0) is 95.9 Å². The number of halogens is 5. The highest BCUT2D eigenvalue weighted by molar-refractivity contribution is 6.64. The van der Waals surface area contributed by atoms with Crippen molar-refractivity contribution in [3.05, 3.63) is 70.4 Å². The molecule has 25 rings (SSSR count). The standard InChI is InChI=1S/C11H8Cl5NO2.C11H15NO2.C11H13NO2.C10H13NO2.C10H11NO2.C10H15NO2.2C10H13NO2.C9H13NO2.C9H11NO2/c1-3-6(12)10(14)5-4(7(18)17(2)8(5)19)9(3,13)11(10,15)16;2*1-5-3-6-4-7(5)9-8(6)10(13)12(2)11(9)14;2*1-11-9(12)7-5-2-3-6(4-5)8(7)10(11)13;2*1-6-3-4-7-8(5-6)10(13)11(2)9(7)12;1-6-4-3-5-7-8(6)10(13)11(2)9(7)12;2*1-10-8(11)6-4-2-3-5-7(6)9(10)12/h4-5H,1-2H3;5-9H,3-4H2,1-2H3;3,6-9H,4H2,1-2H3;5-8H,2-4H2,1H3;2-3,5-8H,4H2,1H3;6-8H,3-5H2,1-2H3;3,7-8H,4-5H2,1-2H3;3-4,6-8H,5H2,1-2H3;6-7H,2-5H2,1H3;2-3,6-7H,4-5H2,1H3. The molecule has 10 saturated heterocycles. The third-order valence-corrected chi connectivity index (χ3v) is 40.1. The van der Waals surface area contributed by atoms with Crippen LogP contribution in [0.25, 0.3) is 0 Å². The van der Waals surface area contributed by atoms with Crippen molar-refractivity contribution in [2.24, 2.45) is 183 Å². The van der Waals surface area contributed by atoms with Crippen LogP contribution in [-0.4, -0.2) is 252 Å². The first-order valence-corrected chi connectivity index (χ1v) is 50.4. The average molecular weight is 1980 g/mol. The van der Waals surface area contributed by atoms with E-state index in [4.69, 9.17) is 58.0 Å². The molecule has 0 aromatic carbocycles. The van der Waals surface area contributed by atoms with Gasteiger partial charge in [-0.05, 0) is 201 Å². The predicted molar refractivity (Wildman–Crippen MR) is 496 cm³/mol. The molecule has 9 saturated carbocycles. The minimum atomic E-state index is -1.72. The Bertz CT molecular complexity index is 5230. The van der Waals surface area contributed by atoms with E-state index in [-0.39, 0.29) is 224 Å². The number of alkyl halides is 4. The summed E-state index contributed by atoms with van der Waals surface area (Å²) in [5, 5.41) is 0.159. The van der Waals surface area contributed by atoms with E-state index in [0.717, 1.165) is 114 Å². The summed E-state index contributed by atoms with van der Waals surface area (Å²) in [6.07, 6.45) is 34.9. The molecule has 20 amide bonds. The molecule has 33 atom stereocenters. The number of amides is 20. The zero-order chi connectivity index (χ0) is 99.1. The first-order chi connectivity index (χ1) is 63.9. The smallest absolute Gasteiger partial charge is 0.235 e. The van der Waals surface area contributed by atoms with Gasteiger partial charge in [-0.3, -0.25) is 145 Å². The maximum atomic E-state index is 12.3. The quantitative estimate of drug-likeness (QED) is 0.124. The third-order valence-electron chi connectivity index (χ3n) is 36.3. The first-order valence-electron chi connectivity index (χ1n) is 48.5. The molecule has 15 aliphatic carbocycles. The number of hydrogen-bond donors (Lipinski definition) is 0. The Kier molecular flexibility index (Phi) is 27.3. The van der Waals surface area contributed by atoms with E-state index in [0.29, 0.717) is 64.8 Å². The van der Waals surface area contributed by atoms with Crippen molar-refractivity contribution >= 4 is 176 Å². The third kappa shape index (κ3) is 15.5. The minimum Gasteiger partial charge on any atom is -0.285 e. The fourth-order valence-electron chi connectivity index (χ4n) is 28.8. The number of hydrogen-bond acceptors (Lipinski definition) is 20. The second-order valence-electron chi connectivity index (χ2n) is 43.2. The Balaban J connectivity index is 0.000000110. The number of likely N-dealkylation sites (tertiary alicyclic amines) is 10. The molecule has 0 aromatic heterocycles. The summed E-state index contributed by atoms with van der Waals surface area (Å²) in [5.74, 6) is 2.55. The Morgan fingerprint density at radius 2 is 0.676 bits per heavy atom. The van der Waals surface area contributed by atoms with Crippen molar-refractivity contribution in [3.8, 4) is 0 Å². The predicted octanol–water partition coefficient (Wildman–Crippen LogP) is 9.83. The van der Waals surface area contributed by atoms with Crippen LogP contribution in [0.2, 0.25) is 0 Å². The molecular formula is C101H125Cl5N10O20. The van der Waals surface area contributed by atoms with Crippen molar-refractivity contribution < 1.29 is 95.9 Å². The number of allylic oxidation sites excluding steroid dienone is 12. The molecule has 25 aliphatic rings. The van der Waals surface area contributed by atoms with Crippen LogP contribution < -0.4 is 0 Å². The number of imide groups is 10. The van der Waals surface area contributed by atoms with E-state index in [1.54, 1.807) is 70.4 Å². The number of fused-ring (bicyclic) bond motifs is 30. The van der Waals surface area contributed by atoms with E-state index < -0.39 is 37.7 Å². The molecule has 0 N–H and O–H groups in total. The molecule has 19 fully saturated rings. The van der Waals surface area contributed by atoms with Crippen molar-refractivity contribution in [2.75, 3.05) is 70.5 Å². The molecule has 35 heteroatoms. The SMILES string of the molecule is CC1=C(Cl)C2(Cl)C3C(=O)N(C)C(=O)C3C1(Cl)C2(Cl)Cl.CC1=CC2CC1C1C(=O)N(C)C(=O)C21.CC1=CCC2C(=O)N(C)C(=O)C2C1.CC1C=CCC2C(=O)N(C)C(=O)C12.CC1CC2CC1C1C(=O)N(C)C(=O)C21.CC1CCC2C(=O)N(C)C(=O)C2C1.CN1C(=O)C2C3C=CC(C3)C2C1=O.CN1C(=O)C2C3CCC(C3)C2C1=O.CN1C(=O)C2CC=CCC2C1=O.CN1C(=O)C2CCCCC2C1=O. The molecule has 10 heterocycles. The first kappa shape index (κ1) is 100. The van der Waals surface area contributed by atoms with Gasteiger partial charge in [0.05, 0.1) is 118 Å². The summed E-state index contributed by atoms with van der Waals surface area (Å²) in [5.41, 5.74) is 3.00. The van der Waals surface area contributed by atoms with Gasteiger partial charge >= 0.3 is 0 Å². The van der Waals surface area contributed by atoms with Crippen molar-refractivity contribution in [2.45, 2.75) is 178 Å². The molecule has 0 spiro atoms. The molecule has 734 valence electrons. The summed E-state index contributed by atoms with van der Waals surface area (Å²) < 4.78 is -1.72. The van der Waals surface area contributed by atoms with Crippen LogP contribution in [0.3, 0.4) is 0 Å². The second-order valence-corrected chi connectivity index (χ2v) is 46.1. The Hall–Kier alpha value is -8.71. The summed E-state index contributed by atoms with van der Waals surface area (Å²) in [4.78, 5) is 243. The lowest BCUT2D eigenvalue weighted by atomic mass is 9.76. The monoisotopic (exact) mass is 1970 g/mol. The van der Waals surface area contributed by atoms with E-state index in [2.05, 4.69) is 45.1 Å². The van der Waals surface area contributed by atoms with Gasteiger partial charge in [0.2, 0.25) is 118 Å². The highest BCUT2D eigenvalue weighted by Crippen LogP contribution is 2.77. The van der Waals surface area contributed by atoms with Gasteiger partial charge in [-0.1, -0.05) is 128 Å². The van der Waals surface area contributed by atoms with Crippen molar-refractivity contribution in [1.29, 1.82) is 0 Å². The number of rotatable bonds is 0. The van der Waals surface area contributed by atoms with Gasteiger partial charge in [0.1, 0.15) is 9.75 Å². The van der Waals surface area contributed by atoms with Crippen LogP contribution in [0.5, 0.6) is 0 Å². The van der Waals surface area contributed by atoms with Crippen LogP contribution in [0.4, 0.5) is 0 Å². The molecule has 30 nitrogen and oxygen atoms in total. The van der Waals surface area contributed by atoms with Gasteiger partial charge in [-0.15, -0.1) is 23.2 Å². The summed E-state index contributed by atoms with van der Waals surface area (Å²) in [7, 11) is 15.8. The lowest BCUT2D eigenvalue weighted by Gasteiger charge is -2.34. The topological polar surface area (TPSA) is 374 Å². The van der Waals surface area contributed by atoms with Gasteiger partial charge in [-0.25, -0.2) is 0 Å². The molecule has 136 heavy (non-hydrogen) atoms. The fraction of sp³-hybridized carbons (Fsp3) is 0.683. The van der Waals surface area contributed by atoms with Gasteiger partial charge < -0.3 is 0 Å². The maximum Gasteiger partial charge on any atom is 0.235 e. The normalized spacial score (nSPS) is 42.2. The number of nitrogens with zero attached hydrogens (tertiary/aromatic N) is 10. The molecule has 0 aromatic rings. The fourth-order valence-corrected chi connectivity index (χ4v) is 31.3. The average Bonchev–Trinajstić information content (AvgIpc) is 1.46. The second kappa shape index (κ2) is 37.1. The van der Waals surface area contributed by atoms with E-state index in [1.807, 2.05) is 38.2 Å². The number of carbonyl (C=O) groups excluding carboxylic acids is 20. The van der Waals surface area contributed by atoms with Gasteiger partial charge in [0.25, 0.3) is 0 Å². The largest absolute Gasteiger partial charge is 0.285 e. The highest BCUT2D eigenvalue weighted by atomic mass is 35.5. The Morgan fingerprint density at radius 1 is 0.301 bits per heavy atom. The van der Waals surface area contributed by atoms with Crippen molar-refractivity contribution in [1.82, 2.24) is 49.0 Å². The molecule has 0 radical (unpaired) electrons. The van der Waals surface area contributed by atoms with Gasteiger partial charge in [0, 0.05) is 75.5 Å². The van der Waals surface area contributed by atoms with Gasteiger partial charge in [-0.2, -0.15) is 0 Å². The summed E-state index contributed by atoms with van der Waals surface area (Å²) in [6, 6.07) is 0. The van der Waals surface area contributed by atoms with Crippen LogP contribution >= 0.6 is 58.0 Å². The van der Waals surface area contributed by atoms with Gasteiger partial charge in [0.15, 0.2) is 4.33 Å². The minimum absolute atomic E-state index is 0.00116.